The fourth-order valence-electron chi connectivity index (χ4n) is 2.00. The minimum absolute atomic E-state index is 0.00462. The Labute approximate surface area is 142 Å². The summed E-state index contributed by atoms with van der Waals surface area (Å²) < 4.78 is 14.9. The van der Waals surface area contributed by atoms with Gasteiger partial charge in [-0.15, -0.1) is 11.3 Å². The molecule has 128 valence electrons. The van der Waals surface area contributed by atoms with Gasteiger partial charge in [-0.2, -0.15) is 0 Å². The highest BCUT2D eigenvalue weighted by molar-refractivity contribution is 7.10. The molecule has 0 aliphatic carbocycles. The lowest BCUT2D eigenvalue weighted by Gasteiger charge is -2.15. The molecule has 7 nitrogen and oxygen atoms in total. The van der Waals surface area contributed by atoms with Crippen molar-refractivity contribution in [3.05, 3.63) is 46.0 Å². The predicted octanol–water partition coefficient (Wildman–Crippen LogP) is 2.44. The molecule has 1 N–H and O–H groups in total. The highest BCUT2D eigenvalue weighted by Gasteiger charge is 2.19. The number of carbonyl (C=O) groups excluding carboxylic acids is 3. The molecule has 24 heavy (non-hydrogen) atoms. The van der Waals surface area contributed by atoms with Crippen LogP contribution >= 0.6 is 11.3 Å². The van der Waals surface area contributed by atoms with Gasteiger partial charge in [0.15, 0.2) is 0 Å². The van der Waals surface area contributed by atoms with Crippen molar-refractivity contribution in [1.82, 2.24) is 5.32 Å². The number of hydrogen-bond donors (Lipinski definition) is 1. The summed E-state index contributed by atoms with van der Waals surface area (Å²) in [6.07, 6.45) is 0.00462. The Morgan fingerprint density at radius 1 is 1.29 bits per heavy atom. The summed E-state index contributed by atoms with van der Waals surface area (Å²) >= 11 is 1.45. The zero-order chi connectivity index (χ0) is 17.5. The standard InChI is InChI=1S/C16H17NO6S/c1-10(18)17-12(14-4-3-7-24-14)8-15(19)22-9-11-5-6-13(23-11)16(20)21-2/h3-7,12H,8-9H2,1-2H3,(H,17,18)/t12-/m0/s1. The molecule has 0 saturated carbocycles. The third kappa shape index (κ3) is 4.95. The summed E-state index contributed by atoms with van der Waals surface area (Å²) in [4.78, 5) is 35.4. The second-order valence-corrected chi connectivity index (χ2v) is 5.87. The number of amides is 1. The lowest BCUT2D eigenvalue weighted by Crippen LogP contribution is -2.27. The molecule has 0 bridgehead atoms. The molecule has 1 atom stereocenters. The van der Waals surface area contributed by atoms with E-state index in [0.29, 0.717) is 5.76 Å². The number of esters is 2. The number of rotatable bonds is 7. The van der Waals surface area contributed by atoms with Crippen molar-refractivity contribution in [1.29, 1.82) is 0 Å². The topological polar surface area (TPSA) is 94.8 Å². The largest absolute Gasteiger partial charge is 0.463 e. The van der Waals surface area contributed by atoms with Crippen LogP contribution in [-0.4, -0.2) is 25.0 Å². The smallest absolute Gasteiger partial charge is 0.373 e. The van der Waals surface area contributed by atoms with Crippen molar-refractivity contribution in [3.63, 3.8) is 0 Å². The van der Waals surface area contributed by atoms with Gasteiger partial charge in [0, 0.05) is 11.8 Å². The first-order valence-corrected chi connectivity index (χ1v) is 8.00. The molecular weight excluding hydrogens is 334 g/mol. The van der Waals surface area contributed by atoms with Gasteiger partial charge in [0.25, 0.3) is 0 Å². The summed E-state index contributed by atoms with van der Waals surface area (Å²) in [7, 11) is 1.25. The van der Waals surface area contributed by atoms with Gasteiger partial charge < -0.3 is 19.2 Å². The Morgan fingerprint density at radius 2 is 2.08 bits per heavy atom. The van der Waals surface area contributed by atoms with Crippen LogP contribution in [-0.2, 0) is 25.7 Å². The van der Waals surface area contributed by atoms with Crippen LogP contribution in [0.5, 0.6) is 0 Å². The summed E-state index contributed by atoms with van der Waals surface area (Å²) in [5, 5.41) is 4.59. The molecule has 0 fully saturated rings. The average molecular weight is 351 g/mol. The maximum atomic E-state index is 12.0. The van der Waals surface area contributed by atoms with Gasteiger partial charge in [0.2, 0.25) is 11.7 Å². The van der Waals surface area contributed by atoms with Gasteiger partial charge in [-0.05, 0) is 23.6 Å². The van der Waals surface area contributed by atoms with Crippen molar-refractivity contribution >= 4 is 29.2 Å². The highest BCUT2D eigenvalue weighted by atomic mass is 32.1. The second kappa shape index (κ2) is 8.30. The summed E-state index contributed by atoms with van der Waals surface area (Å²) in [5.41, 5.74) is 0. The maximum absolute atomic E-state index is 12.0. The number of furan rings is 1. The lowest BCUT2D eigenvalue weighted by atomic mass is 10.1. The lowest BCUT2D eigenvalue weighted by molar-refractivity contribution is -0.146. The van der Waals surface area contributed by atoms with Crippen LogP contribution in [0.25, 0.3) is 0 Å². The number of ether oxygens (including phenoxy) is 2. The summed E-state index contributed by atoms with van der Waals surface area (Å²) in [6, 6.07) is 6.23. The molecule has 0 aliphatic heterocycles. The van der Waals surface area contributed by atoms with E-state index in [1.807, 2.05) is 17.5 Å². The van der Waals surface area contributed by atoms with Gasteiger partial charge in [0.1, 0.15) is 12.4 Å². The number of carbonyl (C=O) groups is 3. The minimum atomic E-state index is -0.601. The maximum Gasteiger partial charge on any atom is 0.373 e. The minimum Gasteiger partial charge on any atom is -0.463 e. The second-order valence-electron chi connectivity index (χ2n) is 4.89. The van der Waals surface area contributed by atoms with Crippen LogP contribution in [0.3, 0.4) is 0 Å². The van der Waals surface area contributed by atoms with Crippen LogP contribution < -0.4 is 5.32 Å². The average Bonchev–Trinajstić information content (AvgIpc) is 3.22. The molecule has 8 heteroatoms. The first kappa shape index (κ1) is 17.7. The molecule has 0 unspecified atom stereocenters. The van der Waals surface area contributed by atoms with Crippen LogP contribution in [0.15, 0.2) is 34.1 Å². The van der Waals surface area contributed by atoms with Crippen molar-refractivity contribution in [2.45, 2.75) is 26.0 Å². The van der Waals surface area contributed by atoms with Crippen molar-refractivity contribution < 1.29 is 28.3 Å². The van der Waals surface area contributed by atoms with E-state index in [2.05, 4.69) is 10.1 Å². The highest BCUT2D eigenvalue weighted by Crippen LogP contribution is 2.22. The Kier molecular flexibility index (Phi) is 6.14. The zero-order valence-corrected chi connectivity index (χ0v) is 14.1. The van der Waals surface area contributed by atoms with Gasteiger partial charge in [-0.3, -0.25) is 9.59 Å². The molecule has 2 aromatic rings. The van der Waals surface area contributed by atoms with E-state index in [1.165, 1.54) is 37.5 Å². The van der Waals surface area contributed by atoms with Gasteiger partial charge in [-0.25, -0.2) is 4.79 Å². The predicted molar refractivity (Wildman–Crippen MR) is 85.3 cm³/mol. The number of methoxy groups -OCH3 is 1. The van der Waals surface area contributed by atoms with E-state index in [9.17, 15) is 14.4 Å². The number of thiophene rings is 1. The fraction of sp³-hybridized carbons (Fsp3) is 0.312. The molecule has 2 rings (SSSR count). The third-order valence-corrected chi connectivity index (χ3v) is 4.04. The summed E-state index contributed by atoms with van der Waals surface area (Å²) in [5.74, 6) is -0.946. The molecule has 0 spiro atoms. The Morgan fingerprint density at radius 3 is 2.71 bits per heavy atom. The van der Waals surface area contributed by atoms with Gasteiger partial charge >= 0.3 is 11.9 Å². The quantitative estimate of drug-likeness (QED) is 0.770. The van der Waals surface area contributed by atoms with Crippen molar-refractivity contribution in [2.24, 2.45) is 0 Å². The Hall–Kier alpha value is -2.61. The van der Waals surface area contributed by atoms with E-state index < -0.39 is 18.0 Å². The fourth-order valence-corrected chi connectivity index (χ4v) is 2.78. The first-order valence-electron chi connectivity index (χ1n) is 7.12. The Balaban J connectivity index is 1.90. The zero-order valence-electron chi connectivity index (χ0n) is 13.2. The van der Waals surface area contributed by atoms with Gasteiger partial charge in [0.05, 0.1) is 19.6 Å². The molecule has 0 aromatic carbocycles. The van der Waals surface area contributed by atoms with Crippen molar-refractivity contribution in [2.75, 3.05) is 7.11 Å². The third-order valence-electron chi connectivity index (χ3n) is 3.06. The van der Waals surface area contributed by atoms with Crippen molar-refractivity contribution in [3.8, 4) is 0 Å². The molecular formula is C16H17NO6S. The molecule has 0 saturated heterocycles. The molecule has 0 aliphatic rings. The van der Waals surface area contributed by atoms with E-state index in [1.54, 1.807) is 0 Å². The van der Waals surface area contributed by atoms with E-state index >= 15 is 0 Å². The molecule has 0 radical (unpaired) electrons. The van der Waals surface area contributed by atoms with Crippen LogP contribution in [0.1, 0.15) is 40.6 Å². The SMILES string of the molecule is COC(=O)c1ccc(COC(=O)C[C@H](NC(C)=O)c2cccs2)o1. The monoisotopic (exact) mass is 351 g/mol. The molecule has 2 aromatic heterocycles. The van der Waals surface area contributed by atoms with Crippen LogP contribution in [0, 0.1) is 0 Å². The van der Waals surface area contributed by atoms with Crippen LogP contribution in [0.2, 0.25) is 0 Å². The van der Waals surface area contributed by atoms with E-state index in [4.69, 9.17) is 9.15 Å². The first-order chi connectivity index (χ1) is 11.5. The molecule has 1 amide bonds. The molecule has 2 heterocycles. The van der Waals surface area contributed by atoms with E-state index in [0.717, 1.165) is 4.88 Å². The number of hydrogen-bond acceptors (Lipinski definition) is 7. The van der Waals surface area contributed by atoms with E-state index in [-0.39, 0.29) is 24.7 Å². The van der Waals surface area contributed by atoms with Gasteiger partial charge in [-0.1, -0.05) is 6.07 Å². The Bertz CT molecular complexity index is 706. The summed E-state index contributed by atoms with van der Waals surface area (Å²) in [6.45, 7) is 1.29. The normalized spacial score (nSPS) is 11.6. The number of nitrogens with one attached hydrogen (secondary N) is 1. The van der Waals surface area contributed by atoms with Crippen LogP contribution in [0.4, 0.5) is 0 Å².